The fourth-order valence-corrected chi connectivity index (χ4v) is 2.28. The summed E-state index contributed by atoms with van der Waals surface area (Å²) >= 11 is 0. The van der Waals surface area contributed by atoms with Crippen molar-refractivity contribution in [3.63, 3.8) is 0 Å². The van der Waals surface area contributed by atoms with Gasteiger partial charge in [0.2, 0.25) is 0 Å². The van der Waals surface area contributed by atoms with Gasteiger partial charge in [-0.05, 0) is 66.6 Å². The first kappa shape index (κ1) is 23.7. The van der Waals surface area contributed by atoms with E-state index in [1.807, 2.05) is 13.8 Å². The highest BCUT2D eigenvalue weighted by Crippen LogP contribution is 2.14. The van der Waals surface area contributed by atoms with Crippen molar-refractivity contribution in [3.05, 3.63) is 0 Å². The largest absolute Gasteiger partial charge is 0.465 e. The smallest absolute Gasteiger partial charge is 0.293 e. The lowest BCUT2D eigenvalue weighted by atomic mass is 10.1. The van der Waals surface area contributed by atoms with E-state index < -0.39 is 0 Å². The van der Waals surface area contributed by atoms with Gasteiger partial charge in [0.1, 0.15) is 0 Å². The van der Waals surface area contributed by atoms with E-state index in [9.17, 15) is 4.79 Å². The molecule has 0 radical (unpaired) electrons. The molecule has 0 saturated carbocycles. The lowest BCUT2D eigenvalue weighted by molar-refractivity contribution is -0.131. The number of hydrogen-bond donors (Lipinski definition) is 1. The van der Waals surface area contributed by atoms with Crippen LogP contribution in [0.25, 0.3) is 0 Å². The summed E-state index contributed by atoms with van der Waals surface area (Å²) in [6, 6.07) is 1.54. The number of rotatable bonds is 8. The molecule has 1 N–H and O–H groups in total. The molecule has 1 aliphatic rings. The summed E-state index contributed by atoms with van der Waals surface area (Å²) in [5.41, 5.74) is 0. The molecule has 1 saturated heterocycles. The zero-order valence-electron chi connectivity index (χ0n) is 16.0. The van der Waals surface area contributed by atoms with Crippen molar-refractivity contribution in [2.45, 2.75) is 91.8 Å². The Morgan fingerprint density at radius 2 is 1.91 bits per heavy atom. The normalized spacial score (nSPS) is 20.0. The topological polar surface area (TPSA) is 41.6 Å². The average molecular weight is 317 g/mol. The highest BCUT2D eigenvalue weighted by Gasteiger charge is 2.19. The highest BCUT2D eigenvalue weighted by atomic mass is 16.5. The molecule has 4 heteroatoms. The fraction of sp³-hybridized carbons (Fsp3) is 0.944. The first-order chi connectivity index (χ1) is 10.5. The third-order valence-corrected chi connectivity index (χ3v) is 3.55. The molecule has 1 aliphatic heterocycles. The SMILES string of the molecule is CC.CC(C)OC=O.CCCCN(C)CCC1CCC(C)N1. The van der Waals surface area contributed by atoms with Gasteiger partial charge in [-0.1, -0.05) is 27.2 Å². The quantitative estimate of drug-likeness (QED) is 0.691. The van der Waals surface area contributed by atoms with Gasteiger partial charge in [-0.2, -0.15) is 0 Å². The monoisotopic (exact) mass is 316 g/mol. The minimum atomic E-state index is 0.0301. The molecule has 0 aliphatic carbocycles. The molecule has 2 atom stereocenters. The predicted molar refractivity (Wildman–Crippen MR) is 96.3 cm³/mol. The standard InChI is InChI=1S/C12H26N2.C4H8O2.C2H6/c1-4-5-9-14(3)10-8-12-7-6-11(2)13-12;1-4(2)6-3-5;1-2/h11-13H,4-10H2,1-3H3;3-4H,1-2H3;1-2H3. The third-order valence-electron chi connectivity index (χ3n) is 3.55. The van der Waals surface area contributed by atoms with Crippen molar-refractivity contribution >= 4 is 6.47 Å². The molecule has 4 nitrogen and oxygen atoms in total. The molecular formula is C18H40N2O2. The summed E-state index contributed by atoms with van der Waals surface area (Å²) in [5, 5.41) is 3.64. The molecule has 2 unspecified atom stereocenters. The van der Waals surface area contributed by atoms with E-state index in [4.69, 9.17) is 0 Å². The van der Waals surface area contributed by atoms with E-state index in [1.165, 1.54) is 45.2 Å². The lowest BCUT2D eigenvalue weighted by Crippen LogP contribution is -2.31. The molecule has 0 spiro atoms. The lowest BCUT2D eigenvalue weighted by Gasteiger charge is -2.19. The first-order valence-electron chi connectivity index (χ1n) is 9.03. The van der Waals surface area contributed by atoms with E-state index in [0.29, 0.717) is 6.47 Å². The van der Waals surface area contributed by atoms with E-state index in [0.717, 1.165) is 12.1 Å². The Balaban J connectivity index is 0. The van der Waals surface area contributed by atoms with Crippen molar-refractivity contribution in [3.8, 4) is 0 Å². The zero-order valence-corrected chi connectivity index (χ0v) is 16.0. The van der Waals surface area contributed by atoms with Gasteiger partial charge in [0.25, 0.3) is 6.47 Å². The number of hydrogen-bond acceptors (Lipinski definition) is 4. The zero-order chi connectivity index (χ0) is 17.4. The van der Waals surface area contributed by atoms with Crippen LogP contribution >= 0.6 is 0 Å². The van der Waals surface area contributed by atoms with Crippen LogP contribution in [-0.2, 0) is 9.53 Å². The van der Waals surface area contributed by atoms with E-state index in [1.54, 1.807) is 13.8 Å². The average Bonchev–Trinajstić information content (AvgIpc) is 2.91. The Morgan fingerprint density at radius 1 is 1.27 bits per heavy atom. The highest BCUT2D eigenvalue weighted by molar-refractivity contribution is 5.37. The number of carbonyl (C=O) groups is 1. The van der Waals surface area contributed by atoms with E-state index >= 15 is 0 Å². The van der Waals surface area contributed by atoms with Crippen LogP contribution in [0.3, 0.4) is 0 Å². The number of ether oxygens (including phenoxy) is 1. The molecule has 1 rings (SSSR count). The second-order valence-corrected chi connectivity index (χ2v) is 6.07. The van der Waals surface area contributed by atoms with Crippen LogP contribution in [0.4, 0.5) is 0 Å². The molecule has 1 fully saturated rings. The van der Waals surface area contributed by atoms with Gasteiger partial charge >= 0.3 is 0 Å². The Hall–Kier alpha value is -0.610. The van der Waals surface area contributed by atoms with Gasteiger partial charge in [-0.3, -0.25) is 4.79 Å². The summed E-state index contributed by atoms with van der Waals surface area (Å²) in [6.45, 7) is 15.1. The van der Waals surface area contributed by atoms with E-state index in [-0.39, 0.29) is 6.10 Å². The minimum absolute atomic E-state index is 0.0301. The molecule has 22 heavy (non-hydrogen) atoms. The molecule has 0 bridgehead atoms. The fourth-order valence-electron chi connectivity index (χ4n) is 2.28. The van der Waals surface area contributed by atoms with Crippen LogP contribution in [-0.4, -0.2) is 49.7 Å². The van der Waals surface area contributed by atoms with Crippen LogP contribution in [0.15, 0.2) is 0 Å². The van der Waals surface area contributed by atoms with Crippen LogP contribution < -0.4 is 5.32 Å². The number of carbonyl (C=O) groups excluding carboxylic acids is 1. The van der Waals surface area contributed by atoms with Crippen LogP contribution in [0, 0.1) is 0 Å². The van der Waals surface area contributed by atoms with Crippen LogP contribution in [0.5, 0.6) is 0 Å². The maximum atomic E-state index is 9.39. The summed E-state index contributed by atoms with van der Waals surface area (Å²) in [5.74, 6) is 0. The molecule has 0 aromatic heterocycles. The molecular weight excluding hydrogens is 276 g/mol. The van der Waals surface area contributed by atoms with Gasteiger partial charge in [-0.25, -0.2) is 0 Å². The number of nitrogens with zero attached hydrogens (tertiary/aromatic N) is 1. The maximum absolute atomic E-state index is 9.39. The van der Waals surface area contributed by atoms with Gasteiger partial charge in [0.15, 0.2) is 0 Å². The van der Waals surface area contributed by atoms with Crippen molar-refractivity contribution in [2.24, 2.45) is 0 Å². The maximum Gasteiger partial charge on any atom is 0.293 e. The van der Waals surface area contributed by atoms with Gasteiger partial charge in [0, 0.05) is 12.1 Å². The van der Waals surface area contributed by atoms with Gasteiger partial charge in [0.05, 0.1) is 6.10 Å². The second-order valence-electron chi connectivity index (χ2n) is 6.07. The number of unbranched alkanes of at least 4 members (excludes halogenated alkanes) is 1. The minimum Gasteiger partial charge on any atom is -0.465 e. The van der Waals surface area contributed by atoms with Crippen molar-refractivity contribution in [2.75, 3.05) is 20.1 Å². The predicted octanol–water partition coefficient (Wildman–Crippen LogP) is 3.84. The summed E-state index contributed by atoms with van der Waals surface area (Å²) < 4.78 is 4.36. The molecule has 1 heterocycles. The van der Waals surface area contributed by atoms with Crippen molar-refractivity contribution < 1.29 is 9.53 Å². The molecule has 0 aromatic rings. The first-order valence-corrected chi connectivity index (χ1v) is 9.03. The van der Waals surface area contributed by atoms with Crippen molar-refractivity contribution in [1.82, 2.24) is 10.2 Å². The number of nitrogens with one attached hydrogen (secondary N) is 1. The van der Waals surface area contributed by atoms with Crippen LogP contribution in [0.1, 0.15) is 73.6 Å². The summed E-state index contributed by atoms with van der Waals surface area (Å²) in [4.78, 5) is 11.9. The second kappa shape index (κ2) is 16.8. The van der Waals surface area contributed by atoms with E-state index in [2.05, 4.69) is 35.8 Å². The summed E-state index contributed by atoms with van der Waals surface area (Å²) in [6.07, 6.45) is 6.74. The molecule has 0 aromatic carbocycles. The Bertz CT molecular complexity index is 235. The summed E-state index contributed by atoms with van der Waals surface area (Å²) in [7, 11) is 2.24. The Kier molecular flexibility index (Phi) is 18.0. The van der Waals surface area contributed by atoms with Gasteiger partial charge in [-0.15, -0.1) is 0 Å². The molecule has 0 amide bonds. The Morgan fingerprint density at radius 3 is 2.27 bits per heavy atom. The third kappa shape index (κ3) is 15.8. The molecule has 134 valence electrons. The van der Waals surface area contributed by atoms with Gasteiger partial charge < -0.3 is 15.0 Å². The van der Waals surface area contributed by atoms with Crippen LogP contribution in [0.2, 0.25) is 0 Å². The van der Waals surface area contributed by atoms with Crippen molar-refractivity contribution in [1.29, 1.82) is 0 Å². The Labute approximate surface area is 139 Å².